The first kappa shape index (κ1) is 15.5. The number of carbonyl (C=O) groups excluding carboxylic acids is 2. The van der Waals surface area contributed by atoms with Gasteiger partial charge in [0.05, 0.1) is 5.92 Å². The van der Waals surface area contributed by atoms with Gasteiger partial charge in [0.2, 0.25) is 0 Å². The highest BCUT2D eigenvalue weighted by Crippen LogP contribution is 2.25. The summed E-state index contributed by atoms with van der Waals surface area (Å²) in [6.45, 7) is 6.05. The van der Waals surface area contributed by atoms with Crippen LogP contribution < -0.4 is 0 Å². The topological polar surface area (TPSA) is 46.6 Å². The van der Waals surface area contributed by atoms with E-state index in [1.54, 1.807) is 37.8 Å². The first-order chi connectivity index (χ1) is 9.76. The number of hydrogen-bond donors (Lipinski definition) is 0. The number of nitrogens with zero attached hydrogens (tertiary/aromatic N) is 1. The highest BCUT2D eigenvalue weighted by Gasteiger charge is 2.33. The minimum atomic E-state index is -0.566. The summed E-state index contributed by atoms with van der Waals surface area (Å²) in [5, 5.41) is 0. The molecular formula is C16H20FNO3. The number of rotatable bonds is 1. The Morgan fingerprint density at radius 1 is 1.29 bits per heavy atom. The number of halogens is 1. The molecule has 1 fully saturated rings. The van der Waals surface area contributed by atoms with Crippen molar-refractivity contribution >= 4 is 11.9 Å². The molecule has 114 valence electrons. The molecule has 0 spiro atoms. The van der Waals surface area contributed by atoms with Gasteiger partial charge in [-0.2, -0.15) is 0 Å². The van der Waals surface area contributed by atoms with Crippen molar-refractivity contribution in [2.75, 3.05) is 13.1 Å². The number of ether oxygens (including phenoxy) is 1. The van der Waals surface area contributed by atoms with Gasteiger partial charge >= 0.3 is 6.09 Å². The molecule has 4 nitrogen and oxygen atoms in total. The standard InChI is InChI=1S/C16H20FNO3/c1-16(2,3)21-15(20)18-9-8-14(19)13(10-18)11-4-6-12(17)7-5-11/h4-7,13H,8-10H2,1-3H3. The molecule has 1 atom stereocenters. The maximum absolute atomic E-state index is 13.0. The molecule has 1 aromatic rings. The molecule has 0 saturated carbocycles. The Bertz CT molecular complexity index is 533. The molecule has 0 aromatic heterocycles. The lowest BCUT2D eigenvalue weighted by Crippen LogP contribution is -2.45. The zero-order chi connectivity index (χ0) is 15.6. The third-order valence-corrected chi connectivity index (χ3v) is 3.34. The summed E-state index contributed by atoms with van der Waals surface area (Å²) in [5.41, 5.74) is 0.166. The van der Waals surface area contributed by atoms with Gasteiger partial charge in [-0.25, -0.2) is 9.18 Å². The third kappa shape index (κ3) is 4.03. The lowest BCUT2D eigenvalue weighted by molar-refractivity contribution is -0.123. The fourth-order valence-electron chi connectivity index (χ4n) is 2.31. The summed E-state index contributed by atoms with van der Waals surface area (Å²) < 4.78 is 18.3. The number of Topliss-reactive ketones (excluding diaryl/α,β-unsaturated/α-hetero) is 1. The molecule has 1 aliphatic rings. The Labute approximate surface area is 123 Å². The van der Waals surface area contributed by atoms with Crippen molar-refractivity contribution in [3.8, 4) is 0 Å². The van der Waals surface area contributed by atoms with E-state index in [1.807, 2.05) is 0 Å². The molecule has 1 saturated heterocycles. The van der Waals surface area contributed by atoms with Crippen LogP contribution in [0.2, 0.25) is 0 Å². The first-order valence-electron chi connectivity index (χ1n) is 7.02. The van der Waals surface area contributed by atoms with Crippen molar-refractivity contribution in [3.05, 3.63) is 35.6 Å². The largest absolute Gasteiger partial charge is 0.444 e. The fourth-order valence-corrected chi connectivity index (χ4v) is 2.31. The predicted octanol–water partition coefficient (Wildman–Crippen LogP) is 3.12. The Kier molecular flexibility index (Phi) is 4.30. The molecule has 1 aliphatic heterocycles. The molecule has 0 radical (unpaired) electrons. The summed E-state index contributed by atoms with van der Waals surface area (Å²) >= 11 is 0. The van der Waals surface area contributed by atoms with Gasteiger partial charge in [0, 0.05) is 19.5 Å². The smallest absolute Gasteiger partial charge is 0.410 e. The lowest BCUT2D eigenvalue weighted by Gasteiger charge is -2.33. The van der Waals surface area contributed by atoms with Crippen LogP contribution in [0.4, 0.5) is 9.18 Å². The minimum Gasteiger partial charge on any atom is -0.444 e. The molecule has 1 unspecified atom stereocenters. The predicted molar refractivity (Wildman–Crippen MR) is 76.6 cm³/mol. The van der Waals surface area contributed by atoms with Crippen LogP contribution in [0.1, 0.15) is 38.7 Å². The van der Waals surface area contributed by atoms with E-state index < -0.39 is 17.6 Å². The van der Waals surface area contributed by atoms with Crippen LogP contribution in [-0.4, -0.2) is 35.5 Å². The van der Waals surface area contributed by atoms with Crippen molar-refractivity contribution in [1.29, 1.82) is 0 Å². The van der Waals surface area contributed by atoms with Crippen LogP contribution in [0.15, 0.2) is 24.3 Å². The summed E-state index contributed by atoms with van der Waals surface area (Å²) in [6, 6.07) is 5.84. The van der Waals surface area contributed by atoms with E-state index in [0.717, 1.165) is 5.56 Å². The fraction of sp³-hybridized carbons (Fsp3) is 0.500. The highest BCUT2D eigenvalue weighted by molar-refractivity contribution is 5.88. The molecule has 0 N–H and O–H groups in total. The summed E-state index contributed by atoms with van der Waals surface area (Å²) in [4.78, 5) is 25.7. The highest BCUT2D eigenvalue weighted by atomic mass is 19.1. The average molecular weight is 293 g/mol. The quantitative estimate of drug-likeness (QED) is 0.799. The Morgan fingerprint density at radius 2 is 1.90 bits per heavy atom. The van der Waals surface area contributed by atoms with Crippen LogP contribution in [0.25, 0.3) is 0 Å². The number of hydrogen-bond acceptors (Lipinski definition) is 3. The van der Waals surface area contributed by atoms with E-state index in [4.69, 9.17) is 4.74 Å². The van der Waals surface area contributed by atoms with Gasteiger partial charge in [-0.3, -0.25) is 4.79 Å². The number of benzene rings is 1. The second-order valence-corrected chi connectivity index (χ2v) is 6.25. The minimum absolute atomic E-state index is 0.0708. The molecule has 2 rings (SSSR count). The normalized spacial score (nSPS) is 19.5. The van der Waals surface area contributed by atoms with E-state index in [2.05, 4.69) is 0 Å². The second-order valence-electron chi connectivity index (χ2n) is 6.25. The number of amides is 1. The van der Waals surface area contributed by atoms with Gasteiger partial charge in [0.25, 0.3) is 0 Å². The number of piperidine rings is 1. The summed E-state index contributed by atoms with van der Waals surface area (Å²) in [5.74, 6) is -0.681. The van der Waals surface area contributed by atoms with Gasteiger partial charge in [-0.1, -0.05) is 12.1 Å². The molecule has 21 heavy (non-hydrogen) atoms. The number of likely N-dealkylation sites (tertiary alicyclic amines) is 1. The summed E-state index contributed by atoms with van der Waals surface area (Å²) in [6.07, 6.45) is -0.122. The van der Waals surface area contributed by atoms with E-state index >= 15 is 0 Å². The average Bonchev–Trinajstić information content (AvgIpc) is 2.38. The van der Waals surface area contributed by atoms with Crippen molar-refractivity contribution in [2.24, 2.45) is 0 Å². The van der Waals surface area contributed by atoms with Gasteiger partial charge in [0.15, 0.2) is 0 Å². The monoisotopic (exact) mass is 293 g/mol. The van der Waals surface area contributed by atoms with E-state index in [9.17, 15) is 14.0 Å². The molecule has 5 heteroatoms. The summed E-state index contributed by atoms with van der Waals surface area (Å²) in [7, 11) is 0. The first-order valence-corrected chi connectivity index (χ1v) is 7.02. The molecule has 1 heterocycles. The van der Waals surface area contributed by atoms with Crippen LogP contribution in [-0.2, 0) is 9.53 Å². The molecule has 1 amide bonds. The molecule has 0 bridgehead atoms. The van der Waals surface area contributed by atoms with Crippen molar-refractivity contribution < 1.29 is 18.7 Å². The molecule has 0 aliphatic carbocycles. The van der Waals surface area contributed by atoms with Crippen LogP contribution in [0.3, 0.4) is 0 Å². The van der Waals surface area contributed by atoms with Crippen LogP contribution >= 0.6 is 0 Å². The number of carbonyl (C=O) groups is 2. The SMILES string of the molecule is CC(C)(C)OC(=O)N1CCC(=O)C(c2ccc(F)cc2)C1. The van der Waals surface area contributed by atoms with Crippen LogP contribution in [0.5, 0.6) is 0 Å². The van der Waals surface area contributed by atoms with Gasteiger partial charge in [0.1, 0.15) is 17.2 Å². The van der Waals surface area contributed by atoms with Crippen molar-refractivity contribution in [1.82, 2.24) is 4.90 Å². The second kappa shape index (κ2) is 5.84. The maximum atomic E-state index is 13.0. The Balaban J connectivity index is 2.11. The van der Waals surface area contributed by atoms with Crippen LogP contribution in [0, 0.1) is 5.82 Å². The molecule has 1 aromatic carbocycles. The maximum Gasteiger partial charge on any atom is 0.410 e. The van der Waals surface area contributed by atoms with E-state index in [1.165, 1.54) is 12.1 Å². The Morgan fingerprint density at radius 3 is 2.48 bits per heavy atom. The van der Waals surface area contributed by atoms with Crippen molar-refractivity contribution in [2.45, 2.75) is 38.7 Å². The van der Waals surface area contributed by atoms with Gasteiger partial charge < -0.3 is 9.64 Å². The van der Waals surface area contributed by atoms with Gasteiger partial charge in [-0.05, 0) is 38.5 Å². The van der Waals surface area contributed by atoms with Gasteiger partial charge in [-0.15, -0.1) is 0 Å². The third-order valence-electron chi connectivity index (χ3n) is 3.34. The van der Waals surface area contributed by atoms with E-state index in [0.29, 0.717) is 13.0 Å². The lowest BCUT2D eigenvalue weighted by atomic mass is 9.89. The molecular weight excluding hydrogens is 273 g/mol. The zero-order valence-corrected chi connectivity index (χ0v) is 12.6. The van der Waals surface area contributed by atoms with E-state index in [-0.39, 0.29) is 18.1 Å². The number of ketones is 1. The Hall–Kier alpha value is -1.91. The van der Waals surface area contributed by atoms with Crippen molar-refractivity contribution in [3.63, 3.8) is 0 Å². The zero-order valence-electron chi connectivity index (χ0n) is 12.6.